The Bertz CT molecular complexity index is 1140. The quantitative estimate of drug-likeness (QED) is 0.198. The SMILES string of the molecule is COCCc1ccc([C@@H](O)[C@@H](CN2CCCC2)NC(=O)CCCCC(=O)c2ccc(OC)cc2)cc1.O=C(O)C(F)(F)F. The van der Waals surface area contributed by atoms with Gasteiger partial charge in [0.15, 0.2) is 5.78 Å². The third kappa shape index (κ3) is 13.1. The maximum atomic E-state index is 12.8. The molecule has 1 fully saturated rings. The zero-order valence-corrected chi connectivity index (χ0v) is 24.6. The highest BCUT2D eigenvalue weighted by Gasteiger charge is 2.38. The second-order valence-electron chi connectivity index (χ2n) is 10.3. The van der Waals surface area contributed by atoms with Gasteiger partial charge in [-0.2, -0.15) is 13.2 Å². The summed E-state index contributed by atoms with van der Waals surface area (Å²) in [5.74, 6) is -2.07. The number of ketones is 1. The predicted molar refractivity (Wildman–Crippen MR) is 154 cm³/mol. The van der Waals surface area contributed by atoms with Crippen molar-refractivity contribution in [2.24, 2.45) is 0 Å². The summed E-state index contributed by atoms with van der Waals surface area (Å²) < 4.78 is 42.0. The first kappa shape index (κ1) is 35.7. The van der Waals surface area contributed by atoms with E-state index < -0.39 is 18.2 Å². The number of likely N-dealkylation sites (tertiary alicyclic amines) is 1. The topological polar surface area (TPSA) is 125 Å². The van der Waals surface area contributed by atoms with E-state index in [1.807, 2.05) is 24.3 Å². The van der Waals surface area contributed by atoms with E-state index in [0.717, 1.165) is 49.2 Å². The van der Waals surface area contributed by atoms with E-state index >= 15 is 0 Å². The standard InChI is InChI=1S/C29H40N2O5.C2HF3O2/c1-35-20-17-22-9-11-24(12-10-22)29(34)26(21-31-18-5-6-19-31)30-28(33)8-4-3-7-27(32)23-13-15-25(36-2)16-14-23;3-2(4,5)1(6)7/h9-16,26,29,34H,3-8,17-21H2,1-2H3,(H,30,33);(H,6,7)/t26-,29-;/m1./s1. The summed E-state index contributed by atoms with van der Waals surface area (Å²) in [6.45, 7) is 3.25. The second-order valence-corrected chi connectivity index (χ2v) is 10.3. The fourth-order valence-corrected chi connectivity index (χ4v) is 4.57. The summed E-state index contributed by atoms with van der Waals surface area (Å²) in [5.41, 5.74) is 2.60. The molecule has 1 amide bonds. The van der Waals surface area contributed by atoms with Crippen LogP contribution < -0.4 is 10.1 Å². The molecule has 0 saturated carbocycles. The number of carboxylic acids is 1. The monoisotopic (exact) mass is 610 g/mol. The number of nitrogens with one attached hydrogen (secondary N) is 1. The van der Waals surface area contributed by atoms with E-state index in [0.29, 0.717) is 44.4 Å². The number of amides is 1. The van der Waals surface area contributed by atoms with Crippen LogP contribution in [0.2, 0.25) is 0 Å². The molecule has 238 valence electrons. The largest absolute Gasteiger partial charge is 0.497 e. The van der Waals surface area contributed by atoms with Crippen molar-refractivity contribution in [1.29, 1.82) is 0 Å². The number of carbonyl (C=O) groups is 3. The van der Waals surface area contributed by atoms with Crippen molar-refractivity contribution in [2.75, 3.05) is 40.5 Å². The van der Waals surface area contributed by atoms with Crippen LogP contribution in [-0.4, -0.2) is 85.5 Å². The molecule has 43 heavy (non-hydrogen) atoms. The molecule has 0 unspecified atom stereocenters. The normalized spacial score (nSPS) is 14.7. The number of Topliss-reactive ketones (excluding diaryl/α,β-unsaturated/α-hetero) is 1. The lowest BCUT2D eigenvalue weighted by atomic mass is 9.99. The van der Waals surface area contributed by atoms with Crippen LogP contribution in [-0.2, 0) is 20.7 Å². The van der Waals surface area contributed by atoms with Crippen molar-refractivity contribution in [2.45, 2.75) is 63.3 Å². The molecule has 0 spiro atoms. The predicted octanol–water partition coefficient (Wildman–Crippen LogP) is 4.57. The van der Waals surface area contributed by atoms with Crippen LogP contribution in [0.15, 0.2) is 48.5 Å². The Morgan fingerprint density at radius 3 is 2.07 bits per heavy atom. The highest BCUT2D eigenvalue weighted by atomic mass is 19.4. The number of hydrogen-bond donors (Lipinski definition) is 3. The molecule has 0 bridgehead atoms. The van der Waals surface area contributed by atoms with Crippen molar-refractivity contribution in [3.05, 3.63) is 65.2 Å². The van der Waals surface area contributed by atoms with Gasteiger partial charge in [0, 0.05) is 32.1 Å². The van der Waals surface area contributed by atoms with Gasteiger partial charge in [0.25, 0.3) is 0 Å². The molecule has 2 atom stereocenters. The second kappa shape index (κ2) is 18.2. The van der Waals surface area contributed by atoms with Crippen molar-refractivity contribution in [1.82, 2.24) is 10.2 Å². The molecule has 1 aliphatic heterocycles. The number of rotatable bonds is 15. The number of carboxylic acid groups (broad SMARTS) is 1. The molecule has 0 aromatic heterocycles. The first-order valence-electron chi connectivity index (χ1n) is 14.2. The van der Waals surface area contributed by atoms with E-state index in [1.54, 1.807) is 38.5 Å². The molecular formula is C31H41F3N2O7. The van der Waals surface area contributed by atoms with Gasteiger partial charge < -0.3 is 29.9 Å². The number of alkyl halides is 3. The van der Waals surface area contributed by atoms with Gasteiger partial charge in [0.05, 0.1) is 19.8 Å². The highest BCUT2D eigenvalue weighted by Crippen LogP contribution is 2.21. The van der Waals surface area contributed by atoms with E-state index in [4.69, 9.17) is 19.4 Å². The summed E-state index contributed by atoms with van der Waals surface area (Å²) in [6.07, 6.45) is -0.774. The lowest BCUT2D eigenvalue weighted by Crippen LogP contribution is -2.46. The van der Waals surface area contributed by atoms with E-state index in [1.165, 1.54) is 0 Å². The lowest BCUT2D eigenvalue weighted by molar-refractivity contribution is -0.192. The Balaban J connectivity index is 0.000000821. The zero-order valence-electron chi connectivity index (χ0n) is 24.6. The van der Waals surface area contributed by atoms with Crippen LogP contribution in [0, 0.1) is 0 Å². The van der Waals surface area contributed by atoms with E-state index in [2.05, 4.69) is 10.2 Å². The minimum absolute atomic E-state index is 0.0642. The fraction of sp³-hybridized carbons (Fsp3) is 0.516. The van der Waals surface area contributed by atoms with Crippen molar-refractivity contribution < 1.29 is 47.2 Å². The summed E-state index contributed by atoms with van der Waals surface area (Å²) in [5, 5.41) is 21.3. The number of carbonyl (C=O) groups excluding carboxylic acids is 2. The Morgan fingerprint density at radius 2 is 1.53 bits per heavy atom. The molecule has 2 aromatic carbocycles. The van der Waals surface area contributed by atoms with Gasteiger partial charge in [0.1, 0.15) is 11.9 Å². The van der Waals surface area contributed by atoms with Crippen molar-refractivity contribution >= 4 is 17.7 Å². The van der Waals surface area contributed by atoms with Crippen LogP contribution in [0.25, 0.3) is 0 Å². The average Bonchev–Trinajstić information content (AvgIpc) is 3.51. The van der Waals surface area contributed by atoms with Gasteiger partial charge in [-0.15, -0.1) is 0 Å². The number of benzene rings is 2. The van der Waals surface area contributed by atoms with Crippen LogP contribution >= 0.6 is 0 Å². The lowest BCUT2D eigenvalue weighted by Gasteiger charge is -2.29. The number of aliphatic hydroxyl groups excluding tert-OH is 1. The van der Waals surface area contributed by atoms with Gasteiger partial charge in [-0.1, -0.05) is 24.3 Å². The number of nitrogens with zero attached hydrogens (tertiary/aromatic N) is 1. The van der Waals surface area contributed by atoms with E-state index in [9.17, 15) is 27.9 Å². The maximum Gasteiger partial charge on any atom is 0.490 e. The van der Waals surface area contributed by atoms with Gasteiger partial charge in [-0.05, 0) is 80.6 Å². The molecule has 1 aliphatic rings. The smallest absolute Gasteiger partial charge is 0.490 e. The van der Waals surface area contributed by atoms with Crippen LogP contribution in [0.5, 0.6) is 5.75 Å². The fourth-order valence-electron chi connectivity index (χ4n) is 4.57. The first-order chi connectivity index (χ1) is 20.4. The van der Waals surface area contributed by atoms with E-state index in [-0.39, 0.29) is 17.7 Å². The summed E-state index contributed by atoms with van der Waals surface area (Å²) in [6, 6.07) is 14.6. The average molecular weight is 611 g/mol. The molecule has 0 radical (unpaired) electrons. The van der Waals surface area contributed by atoms with Gasteiger partial charge in [-0.25, -0.2) is 4.79 Å². The highest BCUT2D eigenvalue weighted by molar-refractivity contribution is 5.96. The number of halogens is 3. The Labute approximate surface area is 250 Å². The molecule has 12 heteroatoms. The van der Waals surface area contributed by atoms with Crippen molar-refractivity contribution in [3.63, 3.8) is 0 Å². The molecule has 1 heterocycles. The molecule has 3 N–H and O–H groups in total. The molecule has 0 aliphatic carbocycles. The number of methoxy groups -OCH3 is 2. The third-order valence-electron chi connectivity index (χ3n) is 7.01. The summed E-state index contributed by atoms with van der Waals surface area (Å²) in [4.78, 5) is 36.4. The van der Waals surface area contributed by atoms with Gasteiger partial charge >= 0.3 is 12.1 Å². The summed E-state index contributed by atoms with van der Waals surface area (Å²) >= 11 is 0. The minimum atomic E-state index is -5.08. The first-order valence-corrected chi connectivity index (χ1v) is 14.2. The van der Waals surface area contributed by atoms with Crippen LogP contribution in [0.1, 0.15) is 66.1 Å². The molecule has 1 saturated heterocycles. The van der Waals surface area contributed by atoms with Gasteiger partial charge in [-0.3, -0.25) is 9.59 Å². The zero-order chi connectivity index (χ0) is 31.8. The number of hydrogen-bond acceptors (Lipinski definition) is 7. The van der Waals surface area contributed by atoms with Crippen LogP contribution in [0.3, 0.4) is 0 Å². The van der Waals surface area contributed by atoms with Crippen LogP contribution in [0.4, 0.5) is 13.2 Å². The Hall–Kier alpha value is -3.48. The number of aliphatic hydroxyl groups is 1. The molecular weight excluding hydrogens is 569 g/mol. The number of ether oxygens (including phenoxy) is 2. The number of unbranched alkanes of at least 4 members (excludes halogenated alkanes) is 1. The molecule has 2 aromatic rings. The Kier molecular flexibility index (Phi) is 15.2. The number of aliphatic carboxylic acids is 1. The molecule has 9 nitrogen and oxygen atoms in total. The van der Waals surface area contributed by atoms with Crippen molar-refractivity contribution in [3.8, 4) is 5.75 Å². The minimum Gasteiger partial charge on any atom is -0.497 e. The maximum absolute atomic E-state index is 12.8. The van der Waals surface area contributed by atoms with Gasteiger partial charge in [0.2, 0.25) is 5.91 Å². The third-order valence-corrected chi connectivity index (χ3v) is 7.01. The molecule has 3 rings (SSSR count). The summed E-state index contributed by atoms with van der Waals surface area (Å²) in [7, 11) is 3.28. The Morgan fingerprint density at radius 1 is 0.953 bits per heavy atom.